The van der Waals surface area contributed by atoms with Crippen molar-refractivity contribution in [1.29, 1.82) is 0 Å². The molecule has 19 heavy (non-hydrogen) atoms. The predicted molar refractivity (Wildman–Crippen MR) is 82.3 cm³/mol. The van der Waals surface area contributed by atoms with Gasteiger partial charge in [-0.05, 0) is 35.1 Å². The third-order valence-corrected chi connectivity index (χ3v) is 3.74. The smallest absolute Gasteiger partial charge is 0.0583 e. The summed E-state index contributed by atoms with van der Waals surface area (Å²) in [7, 11) is 0. The molecule has 0 aromatic heterocycles. The molecule has 0 amide bonds. The van der Waals surface area contributed by atoms with Crippen LogP contribution >= 0.6 is 0 Å². The van der Waals surface area contributed by atoms with Crippen LogP contribution in [0.15, 0.2) is 42.5 Å². The fourth-order valence-corrected chi connectivity index (χ4v) is 2.80. The second kappa shape index (κ2) is 6.72. The minimum atomic E-state index is -0.220. The lowest BCUT2D eigenvalue weighted by Crippen LogP contribution is -2.14. The lowest BCUT2D eigenvalue weighted by atomic mass is 9.94. The number of hydrogen-bond acceptors (Lipinski definition) is 1. The Bertz CT molecular complexity index is 518. The Morgan fingerprint density at radius 2 is 1.79 bits per heavy atom. The number of hydrogen-bond donors (Lipinski definition) is 1. The summed E-state index contributed by atoms with van der Waals surface area (Å²) in [5, 5.41) is 12.7. The minimum Gasteiger partial charge on any atom is -0.393 e. The minimum absolute atomic E-state index is 0.220. The molecular formula is C18H24O. The van der Waals surface area contributed by atoms with Gasteiger partial charge in [0.2, 0.25) is 0 Å². The van der Waals surface area contributed by atoms with Crippen molar-refractivity contribution in [2.45, 2.75) is 45.6 Å². The Morgan fingerprint density at radius 1 is 1.05 bits per heavy atom. The highest BCUT2D eigenvalue weighted by Crippen LogP contribution is 2.19. The SMILES string of the molecule is CCCC(C)CC(O)Cc1ccc2ccccc2c1. The van der Waals surface area contributed by atoms with Gasteiger partial charge in [-0.15, -0.1) is 0 Å². The van der Waals surface area contributed by atoms with Gasteiger partial charge in [-0.2, -0.15) is 0 Å². The molecule has 0 aliphatic rings. The normalized spacial score (nSPS) is 14.5. The molecule has 0 saturated carbocycles. The average molecular weight is 256 g/mol. The summed E-state index contributed by atoms with van der Waals surface area (Å²) in [5.41, 5.74) is 1.23. The van der Waals surface area contributed by atoms with Crippen molar-refractivity contribution in [3.05, 3.63) is 48.0 Å². The van der Waals surface area contributed by atoms with Gasteiger partial charge in [0.25, 0.3) is 0 Å². The van der Waals surface area contributed by atoms with Crippen molar-refractivity contribution in [2.24, 2.45) is 5.92 Å². The molecule has 0 radical (unpaired) electrons. The number of aliphatic hydroxyl groups excluding tert-OH is 1. The summed E-state index contributed by atoms with van der Waals surface area (Å²) < 4.78 is 0. The van der Waals surface area contributed by atoms with Gasteiger partial charge in [0.15, 0.2) is 0 Å². The van der Waals surface area contributed by atoms with Crippen LogP contribution in [0.3, 0.4) is 0 Å². The van der Waals surface area contributed by atoms with Crippen molar-refractivity contribution in [3.63, 3.8) is 0 Å². The second-order valence-corrected chi connectivity index (χ2v) is 5.67. The van der Waals surface area contributed by atoms with E-state index in [1.54, 1.807) is 0 Å². The summed E-state index contributed by atoms with van der Waals surface area (Å²) in [6.45, 7) is 4.43. The first kappa shape index (κ1) is 14.1. The molecule has 0 aliphatic heterocycles. The zero-order chi connectivity index (χ0) is 13.7. The van der Waals surface area contributed by atoms with E-state index in [0.717, 1.165) is 12.8 Å². The van der Waals surface area contributed by atoms with E-state index in [-0.39, 0.29) is 6.10 Å². The predicted octanol–water partition coefficient (Wildman–Crippen LogP) is 4.57. The molecule has 0 spiro atoms. The largest absolute Gasteiger partial charge is 0.393 e. The summed E-state index contributed by atoms with van der Waals surface area (Å²) >= 11 is 0. The van der Waals surface area contributed by atoms with E-state index in [2.05, 4.69) is 56.3 Å². The maximum atomic E-state index is 10.2. The maximum Gasteiger partial charge on any atom is 0.0583 e. The van der Waals surface area contributed by atoms with Crippen molar-refractivity contribution in [2.75, 3.05) is 0 Å². The number of aliphatic hydroxyl groups is 1. The molecular weight excluding hydrogens is 232 g/mol. The average Bonchev–Trinajstić information content (AvgIpc) is 2.38. The maximum absolute atomic E-state index is 10.2. The van der Waals surface area contributed by atoms with Gasteiger partial charge in [-0.1, -0.05) is 69.2 Å². The Hall–Kier alpha value is -1.34. The van der Waals surface area contributed by atoms with Crippen LogP contribution in [0.2, 0.25) is 0 Å². The van der Waals surface area contributed by atoms with Crippen molar-refractivity contribution < 1.29 is 5.11 Å². The summed E-state index contributed by atoms with van der Waals surface area (Å²) in [4.78, 5) is 0. The van der Waals surface area contributed by atoms with Crippen LogP contribution in [0.5, 0.6) is 0 Å². The highest BCUT2D eigenvalue weighted by Gasteiger charge is 2.10. The van der Waals surface area contributed by atoms with Gasteiger partial charge in [0.1, 0.15) is 0 Å². The van der Waals surface area contributed by atoms with Gasteiger partial charge in [0, 0.05) is 0 Å². The van der Waals surface area contributed by atoms with E-state index >= 15 is 0 Å². The molecule has 0 fully saturated rings. The van der Waals surface area contributed by atoms with Crippen molar-refractivity contribution in [1.82, 2.24) is 0 Å². The van der Waals surface area contributed by atoms with Crippen LogP contribution in [0.25, 0.3) is 10.8 Å². The van der Waals surface area contributed by atoms with E-state index in [9.17, 15) is 5.11 Å². The molecule has 0 bridgehead atoms. The van der Waals surface area contributed by atoms with Crippen LogP contribution in [0, 0.1) is 5.92 Å². The number of rotatable bonds is 6. The molecule has 2 atom stereocenters. The second-order valence-electron chi connectivity index (χ2n) is 5.67. The van der Waals surface area contributed by atoms with Gasteiger partial charge in [0.05, 0.1) is 6.10 Å². The Labute approximate surface area is 116 Å². The summed E-state index contributed by atoms with van der Waals surface area (Å²) in [5.74, 6) is 0.612. The molecule has 102 valence electrons. The first-order valence-corrected chi connectivity index (χ1v) is 7.34. The highest BCUT2D eigenvalue weighted by atomic mass is 16.3. The zero-order valence-corrected chi connectivity index (χ0v) is 12.0. The molecule has 1 heteroatoms. The van der Waals surface area contributed by atoms with E-state index in [1.807, 2.05) is 0 Å². The first-order valence-electron chi connectivity index (χ1n) is 7.34. The van der Waals surface area contributed by atoms with Gasteiger partial charge < -0.3 is 5.11 Å². The van der Waals surface area contributed by atoms with E-state index in [1.165, 1.54) is 29.2 Å². The number of fused-ring (bicyclic) bond motifs is 1. The molecule has 1 N–H and O–H groups in total. The summed E-state index contributed by atoms with van der Waals surface area (Å²) in [6, 6.07) is 14.9. The molecule has 1 nitrogen and oxygen atoms in total. The molecule has 2 rings (SSSR count). The van der Waals surface area contributed by atoms with Gasteiger partial charge in [-0.3, -0.25) is 0 Å². The van der Waals surface area contributed by atoms with Gasteiger partial charge >= 0.3 is 0 Å². The number of benzene rings is 2. The van der Waals surface area contributed by atoms with Crippen LogP contribution < -0.4 is 0 Å². The highest BCUT2D eigenvalue weighted by molar-refractivity contribution is 5.82. The third-order valence-electron chi connectivity index (χ3n) is 3.74. The Balaban J connectivity index is 2.00. The lowest BCUT2D eigenvalue weighted by molar-refractivity contribution is 0.143. The van der Waals surface area contributed by atoms with Crippen LogP contribution in [0.1, 0.15) is 38.7 Å². The Kier molecular flexibility index (Phi) is 4.98. The molecule has 0 aliphatic carbocycles. The Morgan fingerprint density at radius 3 is 2.53 bits per heavy atom. The van der Waals surface area contributed by atoms with E-state index in [0.29, 0.717) is 5.92 Å². The van der Waals surface area contributed by atoms with E-state index in [4.69, 9.17) is 0 Å². The molecule has 2 aromatic carbocycles. The third kappa shape index (κ3) is 4.07. The van der Waals surface area contributed by atoms with Crippen LogP contribution in [-0.2, 0) is 6.42 Å². The van der Waals surface area contributed by atoms with Crippen molar-refractivity contribution in [3.8, 4) is 0 Å². The van der Waals surface area contributed by atoms with Crippen molar-refractivity contribution >= 4 is 10.8 Å². The quantitative estimate of drug-likeness (QED) is 0.802. The van der Waals surface area contributed by atoms with Crippen LogP contribution in [0.4, 0.5) is 0 Å². The molecule has 2 unspecified atom stereocenters. The topological polar surface area (TPSA) is 20.2 Å². The zero-order valence-electron chi connectivity index (χ0n) is 12.0. The molecule has 0 heterocycles. The standard InChI is InChI=1S/C18H24O/c1-3-6-14(2)11-18(19)13-15-9-10-16-7-4-5-8-17(16)12-15/h4-5,7-10,12,14,18-19H,3,6,11,13H2,1-2H3. The first-order chi connectivity index (χ1) is 9.19. The van der Waals surface area contributed by atoms with Crippen LogP contribution in [-0.4, -0.2) is 11.2 Å². The lowest BCUT2D eigenvalue weighted by Gasteiger charge is -2.16. The molecule has 0 saturated heterocycles. The summed E-state index contributed by atoms with van der Waals surface area (Å²) in [6.07, 6.45) is 3.85. The van der Waals surface area contributed by atoms with E-state index < -0.39 is 0 Å². The fraction of sp³-hybridized carbons (Fsp3) is 0.444. The fourth-order valence-electron chi connectivity index (χ4n) is 2.80. The monoisotopic (exact) mass is 256 g/mol. The molecule has 2 aromatic rings. The van der Waals surface area contributed by atoms with Gasteiger partial charge in [-0.25, -0.2) is 0 Å².